The Hall–Kier alpha value is -2.10. The number of aryl methyl sites for hydroxylation is 1. The number of halogens is 1. The molecule has 0 aliphatic carbocycles. The number of carbonyl (C=O) groups is 1. The first-order valence-corrected chi connectivity index (χ1v) is 13.3. The van der Waals surface area contributed by atoms with Crippen molar-refractivity contribution in [3.8, 4) is 11.5 Å². The molecule has 0 aromatic heterocycles. The molecule has 9 heteroatoms. The first-order valence-electron chi connectivity index (χ1n) is 11.1. The number of esters is 1. The van der Waals surface area contributed by atoms with Crippen LogP contribution < -0.4 is 9.47 Å². The minimum atomic E-state index is -4.04. The second-order valence-corrected chi connectivity index (χ2v) is 12.8. The Kier molecular flexibility index (Phi) is 7.70. The fourth-order valence-corrected chi connectivity index (χ4v) is 5.57. The fraction of sp³-hybridized carbons (Fsp3) is 0.480. The molecule has 2 aromatic rings. The van der Waals surface area contributed by atoms with E-state index in [0.717, 1.165) is 20.8 Å². The largest absolute Gasteiger partial charge is 0.496 e. The van der Waals surface area contributed by atoms with Crippen LogP contribution in [0.5, 0.6) is 11.5 Å². The van der Waals surface area contributed by atoms with E-state index >= 15 is 0 Å². The van der Waals surface area contributed by atoms with E-state index in [1.54, 1.807) is 51.1 Å². The van der Waals surface area contributed by atoms with Crippen LogP contribution in [0.1, 0.15) is 52.2 Å². The standard InChI is InChI=1S/C25H32BrNO6S/c1-24(2,3)33-23(28)16-27(15-18-13-19(26)7-9-21(18)31-6)34(29,30)20-8-10-22-17(14-20)11-12-25(4,5)32-22/h7-10,13-14H,11-12,15-16H2,1-6H3. The molecule has 0 unspecified atom stereocenters. The number of hydrogen-bond acceptors (Lipinski definition) is 6. The molecule has 34 heavy (non-hydrogen) atoms. The molecule has 0 saturated heterocycles. The van der Waals surface area contributed by atoms with E-state index in [0.29, 0.717) is 23.5 Å². The highest BCUT2D eigenvalue weighted by Gasteiger charge is 2.32. The first-order chi connectivity index (χ1) is 15.7. The molecule has 0 fully saturated rings. The molecule has 0 bridgehead atoms. The Balaban J connectivity index is 1.99. The molecule has 1 heterocycles. The Bertz CT molecular complexity index is 1170. The molecule has 0 amide bonds. The number of carbonyl (C=O) groups excluding carboxylic acids is 1. The second-order valence-electron chi connectivity index (χ2n) is 9.95. The lowest BCUT2D eigenvalue weighted by molar-refractivity contribution is -0.155. The van der Waals surface area contributed by atoms with E-state index in [-0.39, 0.29) is 17.0 Å². The van der Waals surface area contributed by atoms with E-state index in [1.807, 2.05) is 13.8 Å². The van der Waals surface area contributed by atoms with E-state index in [2.05, 4.69) is 15.9 Å². The second kappa shape index (κ2) is 9.87. The third kappa shape index (κ3) is 6.52. The van der Waals surface area contributed by atoms with E-state index in [9.17, 15) is 13.2 Å². The number of rotatable bonds is 7. The van der Waals surface area contributed by atoms with Crippen molar-refractivity contribution >= 4 is 31.9 Å². The van der Waals surface area contributed by atoms with Crippen LogP contribution in [0.3, 0.4) is 0 Å². The Morgan fingerprint density at radius 3 is 2.53 bits per heavy atom. The summed E-state index contributed by atoms with van der Waals surface area (Å²) in [5.41, 5.74) is 0.410. The minimum absolute atomic E-state index is 0.0647. The summed E-state index contributed by atoms with van der Waals surface area (Å²) in [4.78, 5) is 12.8. The Labute approximate surface area is 210 Å². The van der Waals surface area contributed by atoms with Crippen LogP contribution in [0.25, 0.3) is 0 Å². The van der Waals surface area contributed by atoms with E-state index < -0.39 is 28.1 Å². The summed E-state index contributed by atoms with van der Waals surface area (Å²) in [7, 11) is -2.53. The molecule has 186 valence electrons. The molecule has 0 atom stereocenters. The molecule has 0 N–H and O–H groups in total. The van der Waals surface area contributed by atoms with Gasteiger partial charge in [0, 0.05) is 16.6 Å². The smallest absolute Gasteiger partial charge is 0.321 e. The monoisotopic (exact) mass is 553 g/mol. The van der Waals surface area contributed by atoms with Crippen LogP contribution in [0, 0.1) is 0 Å². The molecule has 0 radical (unpaired) electrons. The summed E-state index contributed by atoms with van der Waals surface area (Å²) in [5, 5.41) is 0. The highest BCUT2D eigenvalue weighted by molar-refractivity contribution is 9.10. The summed E-state index contributed by atoms with van der Waals surface area (Å²) in [6, 6.07) is 10.2. The SMILES string of the molecule is COc1ccc(Br)cc1CN(CC(=O)OC(C)(C)C)S(=O)(=O)c1ccc2c(c1)CCC(C)(C)O2. The van der Waals surface area contributed by atoms with Gasteiger partial charge in [0.15, 0.2) is 0 Å². The average Bonchev–Trinajstić information content (AvgIpc) is 2.71. The Morgan fingerprint density at radius 2 is 1.88 bits per heavy atom. The lowest BCUT2D eigenvalue weighted by atomic mass is 9.94. The summed E-state index contributed by atoms with van der Waals surface area (Å²) in [5.74, 6) is 0.573. The molecule has 1 aliphatic heterocycles. The third-order valence-electron chi connectivity index (χ3n) is 5.37. The van der Waals surface area contributed by atoms with Gasteiger partial charge in [-0.15, -0.1) is 0 Å². The van der Waals surface area contributed by atoms with Crippen molar-refractivity contribution in [1.82, 2.24) is 4.31 Å². The number of hydrogen-bond donors (Lipinski definition) is 0. The van der Waals surface area contributed by atoms with Crippen molar-refractivity contribution in [2.45, 2.75) is 70.1 Å². The molecule has 3 rings (SSSR count). The van der Waals surface area contributed by atoms with Crippen LogP contribution in [0.15, 0.2) is 45.8 Å². The minimum Gasteiger partial charge on any atom is -0.496 e. The topological polar surface area (TPSA) is 82.1 Å². The van der Waals surface area contributed by atoms with Gasteiger partial charge < -0.3 is 14.2 Å². The zero-order valence-electron chi connectivity index (χ0n) is 20.5. The third-order valence-corrected chi connectivity index (χ3v) is 7.65. The van der Waals surface area contributed by atoms with Gasteiger partial charge in [-0.05, 0) is 89.4 Å². The lowest BCUT2D eigenvalue weighted by Gasteiger charge is -2.33. The van der Waals surface area contributed by atoms with Gasteiger partial charge >= 0.3 is 5.97 Å². The van der Waals surface area contributed by atoms with E-state index in [1.165, 1.54) is 13.2 Å². The predicted octanol–water partition coefficient (Wildman–Crippen LogP) is 5.09. The quantitative estimate of drug-likeness (QED) is 0.444. The van der Waals surface area contributed by atoms with E-state index in [4.69, 9.17) is 14.2 Å². The van der Waals surface area contributed by atoms with Crippen LogP contribution in [-0.4, -0.2) is 43.5 Å². The number of sulfonamides is 1. The van der Waals surface area contributed by atoms with Gasteiger partial charge in [-0.2, -0.15) is 4.31 Å². The van der Waals surface area contributed by atoms with Crippen LogP contribution >= 0.6 is 15.9 Å². The molecule has 0 spiro atoms. The van der Waals surface area contributed by atoms with Gasteiger partial charge in [0.1, 0.15) is 29.2 Å². The van der Waals surface area contributed by atoms with Crippen molar-refractivity contribution in [1.29, 1.82) is 0 Å². The molecule has 1 aliphatic rings. The van der Waals surface area contributed by atoms with Crippen molar-refractivity contribution in [2.24, 2.45) is 0 Å². The maximum absolute atomic E-state index is 13.8. The maximum atomic E-state index is 13.8. The summed E-state index contributed by atoms with van der Waals surface area (Å²) in [6.07, 6.45) is 1.48. The van der Waals surface area contributed by atoms with Gasteiger partial charge in [-0.1, -0.05) is 15.9 Å². The molecule has 7 nitrogen and oxygen atoms in total. The van der Waals surface area contributed by atoms with Crippen molar-refractivity contribution < 1.29 is 27.4 Å². The number of nitrogens with zero attached hydrogens (tertiary/aromatic N) is 1. The highest BCUT2D eigenvalue weighted by atomic mass is 79.9. The van der Waals surface area contributed by atoms with Gasteiger partial charge in [-0.25, -0.2) is 8.42 Å². The normalized spacial score (nSPS) is 15.4. The van der Waals surface area contributed by atoms with Crippen molar-refractivity contribution in [3.05, 3.63) is 52.0 Å². The summed E-state index contributed by atoms with van der Waals surface area (Å²) in [6.45, 7) is 8.74. The number of fused-ring (bicyclic) bond motifs is 1. The number of ether oxygens (including phenoxy) is 3. The van der Waals surface area contributed by atoms with Gasteiger partial charge in [-0.3, -0.25) is 4.79 Å². The molecular weight excluding hydrogens is 522 g/mol. The predicted molar refractivity (Wildman–Crippen MR) is 134 cm³/mol. The maximum Gasteiger partial charge on any atom is 0.321 e. The molecule has 2 aromatic carbocycles. The first kappa shape index (κ1) is 26.5. The number of methoxy groups -OCH3 is 1. The summed E-state index contributed by atoms with van der Waals surface area (Å²) < 4.78 is 46.3. The zero-order chi connectivity index (χ0) is 25.3. The van der Waals surface area contributed by atoms with Crippen molar-refractivity contribution in [3.63, 3.8) is 0 Å². The van der Waals surface area contributed by atoms with Gasteiger partial charge in [0.05, 0.1) is 12.0 Å². The summed E-state index contributed by atoms with van der Waals surface area (Å²) >= 11 is 3.42. The highest BCUT2D eigenvalue weighted by Crippen LogP contribution is 2.35. The van der Waals surface area contributed by atoms with Gasteiger partial charge in [0.25, 0.3) is 0 Å². The molecule has 0 saturated carbocycles. The van der Waals surface area contributed by atoms with Crippen LogP contribution in [0.4, 0.5) is 0 Å². The Morgan fingerprint density at radius 1 is 1.18 bits per heavy atom. The molecular formula is C25H32BrNO6S. The van der Waals surface area contributed by atoms with Crippen LogP contribution in [-0.2, 0) is 32.5 Å². The van der Waals surface area contributed by atoms with Crippen LogP contribution in [0.2, 0.25) is 0 Å². The average molecular weight is 555 g/mol. The fourth-order valence-electron chi connectivity index (χ4n) is 3.75. The lowest BCUT2D eigenvalue weighted by Crippen LogP contribution is -2.38. The number of benzene rings is 2. The van der Waals surface area contributed by atoms with Gasteiger partial charge in [0.2, 0.25) is 10.0 Å². The zero-order valence-corrected chi connectivity index (χ0v) is 22.9. The van der Waals surface area contributed by atoms with Crippen molar-refractivity contribution in [2.75, 3.05) is 13.7 Å².